The highest BCUT2D eigenvalue weighted by Gasteiger charge is 2.46. The van der Waals surface area contributed by atoms with Gasteiger partial charge in [0.15, 0.2) is 0 Å². The Morgan fingerprint density at radius 2 is 0.985 bits per heavy atom. The average Bonchev–Trinajstić information content (AvgIpc) is 3.82. The van der Waals surface area contributed by atoms with Crippen LogP contribution in [0.3, 0.4) is 0 Å². The molecule has 0 saturated heterocycles. The van der Waals surface area contributed by atoms with Crippen LogP contribution in [0, 0.1) is 25.5 Å². The van der Waals surface area contributed by atoms with Gasteiger partial charge in [-0.15, -0.1) is 0 Å². The number of benzene rings is 4. The summed E-state index contributed by atoms with van der Waals surface area (Å²) in [6.45, 7) is 21.0. The molecule has 8 rings (SSSR count). The molecule has 2 N–H and O–H groups in total. The number of hydrogen-bond donors (Lipinski definition) is 2. The zero-order valence-electron chi connectivity index (χ0n) is 39.0. The summed E-state index contributed by atoms with van der Waals surface area (Å²) in [5.74, 6) is 2.25. The predicted molar refractivity (Wildman–Crippen MR) is 273 cm³/mol. The summed E-state index contributed by atoms with van der Waals surface area (Å²) >= 11 is 3.52. The summed E-state index contributed by atoms with van der Waals surface area (Å²) in [7, 11) is 0. The molecule has 0 atom stereocenters. The molecule has 4 heterocycles. The van der Waals surface area contributed by atoms with Crippen molar-refractivity contribution < 1.29 is 18.4 Å². The minimum Gasteiger partial charge on any atom is -0.340 e. The van der Waals surface area contributed by atoms with Crippen molar-refractivity contribution in [2.75, 3.05) is 23.7 Å². The van der Waals surface area contributed by atoms with E-state index >= 15 is 0 Å². The normalized spacial score (nSPS) is 14.7. The molecule has 360 valence electrons. The summed E-state index contributed by atoms with van der Waals surface area (Å²) < 4.78 is 30.8. The molecule has 2 aliphatic rings. The zero-order chi connectivity index (χ0) is 47.9. The fourth-order valence-corrected chi connectivity index (χ4v) is 8.63. The number of nitrogens with zero attached hydrogens (tertiary/aromatic N) is 9. The average molecular weight is 993 g/mol. The second-order valence-corrected chi connectivity index (χ2v) is 20.8. The Morgan fingerprint density at radius 1 is 0.632 bits per heavy atom. The van der Waals surface area contributed by atoms with E-state index in [-0.39, 0.29) is 38.3 Å². The smallest absolute Gasteiger partial charge is 0.239 e. The number of anilines is 4. The Bertz CT molecular complexity index is 2800. The van der Waals surface area contributed by atoms with E-state index in [1.807, 2.05) is 96.7 Å². The number of alkyl halides is 1. The largest absolute Gasteiger partial charge is 0.340 e. The SMILES string of the molecule is C.C.Cc1ccc(Nc2c(-c3ccc(F)cc3)nc3n2CCN(C(=O)C(C)(C)Br)C3(C)C)cc1.Cc1ccc(Nc2c(-c3ccc(F)cc3)nc3n2CCN(C(=O)C(C)(C)N=[N+]=[N-])C3(C)C)cc1. The van der Waals surface area contributed by atoms with Gasteiger partial charge in [-0.25, -0.2) is 18.7 Å². The first-order chi connectivity index (χ1) is 31.0. The first-order valence-corrected chi connectivity index (χ1v) is 22.6. The third-order valence-corrected chi connectivity index (χ3v) is 12.5. The van der Waals surface area contributed by atoms with E-state index in [4.69, 9.17) is 15.5 Å². The van der Waals surface area contributed by atoms with Gasteiger partial charge in [0.1, 0.15) is 51.8 Å². The predicted octanol–water partition coefficient (Wildman–Crippen LogP) is 13.2. The lowest BCUT2D eigenvalue weighted by atomic mass is 9.94. The van der Waals surface area contributed by atoms with Crippen molar-refractivity contribution in [3.05, 3.63) is 142 Å². The number of imidazole rings is 2. The number of aromatic nitrogens is 4. The Kier molecular flexibility index (Phi) is 15.4. The van der Waals surface area contributed by atoms with Crippen LogP contribution >= 0.6 is 15.9 Å². The molecule has 0 radical (unpaired) electrons. The monoisotopic (exact) mass is 991 g/mol. The molecule has 0 saturated carbocycles. The third-order valence-electron chi connectivity index (χ3n) is 12.2. The summed E-state index contributed by atoms with van der Waals surface area (Å²) in [4.78, 5) is 42.9. The van der Waals surface area contributed by atoms with Gasteiger partial charge in [0.05, 0.1) is 15.4 Å². The first-order valence-electron chi connectivity index (χ1n) is 21.8. The van der Waals surface area contributed by atoms with Gasteiger partial charge < -0.3 is 29.6 Å². The van der Waals surface area contributed by atoms with Crippen LogP contribution in [0.2, 0.25) is 0 Å². The van der Waals surface area contributed by atoms with Gasteiger partial charge in [0.2, 0.25) is 11.8 Å². The fourth-order valence-electron chi connectivity index (χ4n) is 8.41. The molecule has 0 bridgehead atoms. The first kappa shape index (κ1) is 52.5. The highest BCUT2D eigenvalue weighted by atomic mass is 79.9. The number of carbonyl (C=O) groups excluding carboxylic acids is 2. The van der Waals surface area contributed by atoms with Crippen LogP contribution in [0.25, 0.3) is 33.0 Å². The molecule has 13 nitrogen and oxygen atoms in total. The molecule has 0 fully saturated rings. The zero-order valence-corrected chi connectivity index (χ0v) is 40.6. The summed E-state index contributed by atoms with van der Waals surface area (Å²) in [5.41, 5.74) is 13.5. The van der Waals surface area contributed by atoms with Gasteiger partial charge in [-0.05, 0) is 148 Å². The fraction of sp³-hybridized carbons (Fsp3) is 0.385. The number of azide groups is 1. The molecule has 0 spiro atoms. The van der Waals surface area contributed by atoms with Crippen molar-refractivity contribution >= 4 is 50.8 Å². The number of rotatable bonds is 9. The van der Waals surface area contributed by atoms with Gasteiger partial charge in [0.25, 0.3) is 0 Å². The van der Waals surface area contributed by atoms with Crippen LogP contribution in [0.4, 0.5) is 31.8 Å². The molecule has 2 aromatic heterocycles. The van der Waals surface area contributed by atoms with Crippen LogP contribution in [0.1, 0.15) is 93.0 Å². The van der Waals surface area contributed by atoms with Gasteiger partial charge in [-0.3, -0.25) is 9.59 Å². The van der Waals surface area contributed by atoms with Crippen molar-refractivity contribution in [3.8, 4) is 22.5 Å². The third kappa shape index (κ3) is 10.5. The van der Waals surface area contributed by atoms with E-state index in [1.54, 1.807) is 43.0 Å². The number of aryl methyl sites for hydroxylation is 2. The van der Waals surface area contributed by atoms with Crippen LogP contribution < -0.4 is 10.6 Å². The van der Waals surface area contributed by atoms with Crippen LogP contribution in [0.15, 0.2) is 102 Å². The molecule has 4 aromatic carbocycles. The molecule has 68 heavy (non-hydrogen) atoms. The Morgan fingerprint density at radius 3 is 1.32 bits per heavy atom. The summed E-state index contributed by atoms with van der Waals surface area (Å²) in [6.07, 6.45) is 0. The standard InChI is InChI=1S/C25H28BrFN4O.C25H28FN7O.2CH4/c1-16-6-12-19(13-7-16)28-21-20(17-8-10-18(27)11-9-17)29-22-25(4,5)31(15-14-30(21)22)23(32)24(2,3)26;1-16-6-12-19(13-7-16)28-21-20(17-8-10-18(26)11-9-17)29-22-25(4,5)33(15-14-32(21)22)23(34)24(2,3)30-31-27;;/h6-13,28H,14-15H2,1-5H3;6-13,28H,14-15H2,1-5H3;2*1H4. The Labute approximate surface area is 407 Å². The molecule has 0 aliphatic carbocycles. The van der Waals surface area contributed by atoms with Crippen molar-refractivity contribution in [3.63, 3.8) is 0 Å². The second-order valence-electron chi connectivity index (χ2n) is 18.8. The van der Waals surface area contributed by atoms with Crippen LogP contribution in [-0.4, -0.2) is 63.7 Å². The second kappa shape index (κ2) is 20.0. The number of halogens is 3. The van der Waals surface area contributed by atoms with Crippen LogP contribution in [0.5, 0.6) is 0 Å². The maximum absolute atomic E-state index is 13.6. The molecular formula is C52H64BrF2N11O2. The number of nitrogens with one attached hydrogen (secondary N) is 2. The van der Waals surface area contributed by atoms with E-state index in [2.05, 4.69) is 57.9 Å². The molecular weight excluding hydrogens is 929 g/mol. The highest BCUT2D eigenvalue weighted by Crippen LogP contribution is 2.43. The number of carbonyl (C=O) groups is 2. The lowest BCUT2D eigenvalue weighted by Crippen LogP contribution is -2.56. The van der Waals surface area contributed by atoms with Crippen molar-refractivity contribution in [1.29, 1.82) is 0 Å². The molecule has 6 aromatic rings. The van der Waals surface area contributed by atoms with E-state index < -0.39 is 20.9 Å². The number of amides is 2. The summed E-state index contributed by atoms with van der Waals surface area (Å²) in [5, 5.41) is 10.7. The molecule has 16 heteroatoms. The lowest BCUT2D eigenvalue weighted by Gasteiger charge is -2.44. The number of hydrogen-bond acceptors (Lipinski definition) is 7. The van der Waals surface area contributed by atoms with Gasteiger partial charge >= 0.3 is 0 Å². The van der Waals surface area contributed by atoms with E-state index in [9.17, 15) is 18.4 Å². The van der Waals surface area contributed by atoms with E-state index in [1.165, 1.54) is 29.8 Å². The highest BCUT2D eigenvalue weighted by molar-refractivity contribution is 9.10. The Hall–Kier alpha value is -6.51. The quantitative estimate of drug-likeness (QED) is 0.0637. The molecule has 2 amide bonds. The Balaban J connectivity index is 0.000000247. The molecule has 2 aliphatic heterocycles. The number of fused-ring (bicyclic) bond motifs is 2. The van der Waals surface area contributed by atoms with Crippen molar-refractivity contribution in [2.24, 2.45) is 5.11 Å². The van der Waals surface area contributed by atoms with E-state index in [0.717, 1.165) is 51.2 Å². The maximum atomic E-state index is 13.6. The van der Waals surface area contributed by atoms with Gasteiger partial charge in [-0.1, -0.05) is 71.3 Å². The van der Waals surface area contributed by atoms with Crippen LogP contribution in [-0.2, 0) is 33.8 Å². The van der Waals surface area contributed by atoms with Gasteiger partial charge in [-0.2, -0.15) is 0 Å². The topological polar surface area (TPSA) is 149 Å². The molecule has 0 unspecified atom stereocenters. The summed E-state index contributed by atoms with van der Waals surface area (Å²) in [6, 6.07) is 28.8. The minimum absolute atomic E-state index is 0. The lowest BCUT2D eigenvalue weighted by molar-refractivity contribution is -0.143. The maximum Gasteiger partial charge on any atom is 0.239 e. The minimum atomic E-state index is -1.22. The van der Waals surface area contributed by atoms with E-state index in [0.29, 0.717) is 37.7 Å². The van der Waals surface area contributed by atoms with Gasteiger partial charge in [0, 0.05) is 53.6 Å². The van der Waals surface area contributed by atoms with Crippen molar-refractivity contribution in [2.45, 2.75) is 118 Å². The van der Waals surface area contributed by atoms with Crippen molar-refractivity contribution in [1.82, 2.24) is 28.9 Å².